The van der Waals surface area contributed by atoms with Gasteiger partial charge < -0.3 is 15.6 Å². The Bertz CT molecular complexity index is 890. The van der Waals surface area contributed by atoms with Crippen LogP contribution < -0.4 is 16.1 Å². The van der Waals surface area contributed by atoms with Crippen molar-refractivity contribution in [1.82, 2.24) is 15.3 Å². The molecule has 1 atom stereocenters. The van der Waals surface area contributed by atoms with Crippen LogP contribution in [0.2, 0.25) is 0 Å². The maximum atomic E-state index is 12.3. The standard InChI is InChI=1S/C17H16N4O2/c1-11(12-6-8-18-9-7-12)20-17(23)21-15-10-19-14-5-3-2-4-13(14)16(15)22/h2-11H,1H3,(H,19,22)(H2,20,21,23)/t11-/m1/s1. The first-order valence-corrected chi connectivity index (χ1v) is 7.23. The average Bonchev–Trinajstić information content (AvgIpc) is 2.58. The Morgan fingerprint density at radius 2 is 1.91 bits per heavy atom. The zero-order valence-corrected chi connectivity index (χ0v) is 12.5. The lowest BCUT2D eigenvalue weighted by atomic mass is 10.1. The van der Waals surface area contributed by atoms with Crippen molar-refractivity contribution >= 4 is 22.6 Å². The van der Waals surface area contributed by atoms with Crippen molar-refractivity contribution in [1.29, 1.82) is 0 Å². The van der Waals surface area contributed by atoms with Crippen LogP contribution in [0.25, 0.3) is 10.9 Å². The SMILES string of the molecule is C[C@@H](NC(=O)Nc1c[nH]c2ccccc2c1=O)c1ccncc1. The van der Waals surface area contributed by atoms with Crippen LogP contribution >= 0.6 is 0 Å². The van der Waals surface area contributed by atoms with E-state index in [2.05, 4.69) is 20.6 Å². The molecule has 3 rings (SSSR count). The molecule has 0 aliphatic carbocycles. The summed E-state index contributed by atoms with van der Waals surface area (Å²) >= 11 is 0. The largest absolute Gasteiger partial charge is 0.359 e. The molecule has 0 aliphatic rings. The molecule has 0 fully saturated rings. The Morgan fingerprint density at radius 3 is 2.70 bits per heavy atom. The molecule has 0 aliphatic heterocycles. The quantitative estimate of drug-likeness (QED) is 0.695. The minimum atomic E-state index is -0.435. The lowest BCUT2D eigenvalue weighted by Gasteiger charge is -2.14. The molecule has 0 bridgehead atoms. The molecule has 0 radical (unpaired) electrons. The lowest BCUT2D eigenvalue weighted by Crippen LogP contribution is -2.32. The molecule has 6 heteroatoms. The number of fused-ring (bicyclic) bond motifs is 1. The zero-order valence-electron chi connectivity index (χ0n) is 12.5. The summed E-state index contributed by atoms with van der Waals surface area (Å²) in [6.45, 7) is 1.86. The molecule has 0 saturated heterocycles. The maximum absolute atomic E-state index is 12.3. The number of hydrogen-bond donors (Lipinski definition) is 3. The third-order valence-corrected chi connectivity index (χ3v) is 3.59. The van der Waals surface area contributed by atoms with Crippen LogP contribution in [0.3, 0.4) is 0 Å². The van der Waals surface area contributed by atoms with E-state index in [0.29, 0.717) is 5.39 Å². The van der Waals surface area contributed by atoms with Gasteiger partial charge >= 0.3 is 6.03 Å². The molecule has 2 aromatic heterocycles. The number of rotatable bonds is 3. The summed E-state index contributed by atoms with van der Waals surface area (Å²) < 4.78 is 0. The van der Waals surface area contributed by atoms with Crippen LogP contribution in [0, 0.1) is 0 Å². The van der Waals surface area contributed by atoms with Crippen molar-refractivity contribution in [2.45, 2.75) is 13.0 Å². The second kappa shape index (κ2) is 6.31. The molecular formula is C17H16N4O2. The van der Waals surface area contributed by atoms with Gasteiger partial charge in [-0.15, -0.1) is 0 Å². The number of nitrogens with zero attached hydrogens (tertiary/aromatic N) is 1. The molecule has 3 N–H and O–H groups in total. The smallest absolute Gasteiger partial charge is 0.319 e. The van der Waals surface area contributed by atoms with Gasteiger partial charge in [0.2, 0.25) is 5.43 Å². The molecule has 2 amide bonds. The van der Waals surface area contributed by atoms with Crippen molar-refractivity contribution in [2.24, 2.45) is 0 Å². The van der Waals surface area contributed by atoms with Gasteiger partial charge in [0, 0.05) is 29.5 Å². The number of aromatic nitrogens is 2. The van der Waals surface area contributed by atoms with Crippen molar-refractivity contribution in [3.05, 3.63) is 70.8 Å². The summed E-state index contributed by atoms with van der Waals surface area (Å²) in [6.07, 6.45) is 4.83. The van der Waals surface area contributed by atoms with E-state index in [0.717, 1.165) is 11.1 Å². The predicted molar refractivity (Wildman–Crippen MR) is 89.4 cm³/mol. The van der Waals surface area contributed by atoms with Gasteiger partial charge in [-0.3, -0.25) is 9.78 Å². The Hall–Kier alpha value is -3.15. The third-order valence-electron chi connectivity index (χ3n) is 3.59. The summed E-state index contributed by atoms with van der Waals surface area (Å²) in [7, 11) is 0. The van der Waals surface area contributed by atoms with E-state index < -0.39 is 6.03 Å². The Balaban J connectivity index is 1.76. The molecule has 0 spiro atoms. The van der Waals surface area contributed by atoms with Crippen molar-refractivity contribution in [3.63, 3.8) is 0 Å². The second-order valence-electron chi connectivity index (χ2n) is 5.18. The first kappa shape index (κ1) is 14.8. The van der Waals surface area contributed by atoms with Gasteiger partial charge in [0.1, 0.15) is 5.69 Å². The summed E-state index contributed by atoms with van der Waals surface area (Å²) in [4.78, 5) is 31.4. The molecule has 2 heterocycles. The fourth-order valence-electron chi connectivity index (χ4n) is 2.35. The molecule has 116 valence electrons. The normalized spacial score (nSPS) is 11.9. The molecule has 6 nitrogen and oxygen atoms in total. The molecule has 1 aromatic carbocycles. The lowest BCUT2D eigenvalue weighted by molar-refractivity contribution is 0.249. The summed E-state index contributed by atoms with van der Waals surface area (Å²) in [6, 6.07) is 10.2. The first-order valence-electron chi connectivity index (χ1n) is 7.23. The number of aromatic amines is 1. The highest BCUT2D eigenvalue weighted by Crippen LogP contribution is 2.12. The van der Waals surface area contributed by atoms with E-state index in [4.69, 9.17) is 0 Å². The highest BCUT2D eigenvalue weighted by Gasteiger charge is 2.11. The monoisotopic (exact) mass is 308 g/mol. The van der Waals surface area contributed by atoms with Gasteiger partial charge in [-0.25, -0.2) is 4.79 Å². The highest BCUT2D eigenvalue weighted by molar-refractivity contribution is 5.92. The summed E-state index contributed by atoms with van der Waals surface area (Å²) in [5.41, 5.74) is 1.66. The number of carbonyl (C=O) groups is 1. The van der Waals surface area contributed by atoms with E-state index >= 15 is 0 Å². The number of nitrogens with one attached hydrogen (secondary N) is 3. The number of hydrogen-bond acceptors (Lipinski definition) is 3. The summed E-state index contributed by atoms with van der Waals surface area (Å²) in [5, 5.41) is 5.92. The fourth-order valence-corrected chi connectivity index (χ4v) is 2.35. The topological polar surface area (TPSA) is 86.9 Å². The molecule has 3 aromatic rings. The zero-order chi connectivity index (χ0) is 16.2. The van der Waals surface area contributed by atoms with E-state index in [1.165, 1.54) is 6.20 Å². The van der Waals surface area contributed by atoms with Gasteiger partial charge in [-0.05, 0) is 36.8 Å². The number of para-hydroxylation sites is 1. The van der Waals surface area contributed by atoms with Crippen LogP contribution in [-0.4, -0.2) is 16.0 Å². The minimum Gasteiger partial charge on any atom is -0.359 e. The van der Waals surface area contributed by atoms with E-state index in [1.807, 2.05) is 31.2 Å². The van der Waals surface area contributed by atoms with Crippen LogP contribution in [0.15, 0.2) is 59.8 Å². The van der Waals surface area contributed by atoms with E-state index in [-0.39, 0.29) is 17.2 Å². The molecule has 23 heavy (non-hydrogen) atoms. The Kier molecular flexibility index (Phi) is 4.05. The molecule has 0 saturated carbocycles. The number of benzene rings is 1. The summed E-state index contributed by atoms with van der Waals surface area (Å²) in [5.74, 6) is 0. The minimum absolute atomic E-state index is 0.197. The predicted octanol–water partition coefficient (Wildman–Crippen LogP) is 2.81. The molecular weight excluding hydrogens is 292 g/mol. The number of anilines is 1. The average molecular weight is 308 g/mol. The number of urea groups is 1. The second-order valence-corrected chi connectivity index (χ2v) is 5.18. The number of pyridine rings is 2. The number of carbonyl (C=O) groups excluding carboxylic acids is 1. The Morgan fingerprint density at radius 1 is 1.17 bits per heavy atom. The highest BCUT2D eigenvalue weighted by atomic mass is 16.2. The van der Waals surface area contributed by atoms with Gasteiger partial charge in [-0.2, -0.15) is 0 Å². The third kappa shape index (κ3) is 3.21. The van der Waals surface area contributed by atoms with Gasteiger partial charge in [0.25, 0.3) is 0 Å². The Labute approximate surface area is 132 Å². The van der Waals surface area contributed by atoms with Crippen molar-refractivity contribution in [2.75, 3.05) is 5.32 Å². The van der Waals surface area contributed by atoms with Gasteiger partial charge in [0.15, 0.2) is 0 Å². The van der Waals surface area contributed by atoms with Crippen LogP contribution in [0.5, 0.6) is 0 Å². The van der Waals surface area contributed by atoms with E-state index in [9.17, 15) is 9.59 Å². The number of amides is 2. The van der Waals surface area contributed by atoms with Crippen LogP contribution in [0.1, 0.15) is 18.5 Å². The number of H-pyrrole nitrogens is 1. The first-order chi connectivity index (χ1) is 11.1. The van der Waals surface area contributed by atoms with Gasteiger partial charge in [0.05, 0.1) is 6.04 Å². The van der Waals surface area contributed by atoms with Crippen LogP contribution in [-0.2, 0) is 0 Å². The van der Waals surface area contributed by atoms with Crippen molar-refractivity contribution in [3.8, 4) is 0 Å². The molecule has 0 unspecified atom stereocenters. The van der Waals surface area contributed by atoms with Gasteiger partial charge in [-0.1, -0.05) is 12.1 Å². The fraction of sp³-hybridized carbons (Fsp3) is 0.118. The van der Waals surface area contributed by atoms with E-state index in [1.54, 1.807) is 24.5 Å². The van der Waals surface area contributed by atoms with Crippen LogP contribution in [0.4, 0.5) is 10.5 Å². The maximum Gasteiger partial charge on any atom is 0.319 e. The van der Waals surface area contributed by atoms with Crippen molar-refractivity contribution < 1.29 is 4.79 Å².